The minimum atomic E-state index is -0.749. The van der Waals surface area contributed by atoms with Crippen LogP contribution in [0.5, 0.6) is 0 Å². The van der Waals surface area contributed by atoms with Gasteiger partial charge in [0.2, 0.25) is 11.8 Å². The van der Waals surface area contributed by atoms with Gasteiger partial charge in [-0.1, -0.05) is 30.3 Å². The number of aromatic nitrogens is 1. The first kappa shape index (κ1) is 19.4. The van der Waals surface area contributed by atoms with Gasteiger partial charge in [0.05, 0.1) is 17.3 Å². The number of amides is 3. The summed E-state index contributed by atoms with van der Waals surface area (Å²) in [5.74, 6) is -0.739. The summed E-state index contributed by atoms with van der Waals surface area (Å²) in [6, 6.07) is 14.3. The summed E-state index contributed by atoms with van der Waals surface area (Å²) in [5, 5.41) is 9.85. The molecule has 0 saturated heterocycles. The number of anilines is 1. The molecule has 1 aromatic heterocycles. The van der Waals surface area contributed by atoms with Gasteiger partial charge in [0.25, 0.3) is 5.91 Å². The highest BCUT2D eigenvalue weighted by molar-refractivity contribution is 6.09. The Morgan fingerprint density at radius 2 is 1.87 bits per heavy atom. The van der Waals surface area contributed by atoms with Crippen LogP contribution in [0.3, 0.4) is 0 Å². The fraction of sp³-hybridized carbons (Fsp3) is 0.292. The van der Waals surface area contributed by atoms with E-state index >= 15 is 0 Å². The third kappa shape index (κ3) is 3.67. The van der Waals surface area contributed by atoms with Gasteiger partial charge in [-0.05, 0) is 49.4 Å². The van der Waals surface area contributed by atoms with Crippen molar-refractivity contribution in [1.82, 2.24) is 15.6 Å². The molecular weight excluding hydrogens is 392 g/mol. The van der Waals surface area contributed by atoms with Gasteiger partial charge in [-0.2, -0.15) is 0 Å². The van der Waals surface area contributed by atoms with Crippen molar-refractivity contribution < 1.29 is 14.4 Å². The normalized spacial score (nSPS) is 20.3. The molecule has 0 radical (unpaired) electrons. The molecule has 2 aromatic carbocycles. The van der Waals surface area contributed by atoms with E-state index < -0.39 is 6.04 Å². The average Bonchev–Trinajstić information content (AvgIpc) is 3.11. The number of carbonyl (C=O) groups excluding carboxylic acids is 3. The average molecular weight is 416 g/mol. The van der Waals surface area contributed by atoms with Crippen molar-refractivity contribution in [2.75, 3.05) is 5.32 Å². The maximum absolute atomic E-state index is 12.7. The zero-order valence-electron chi connectivity index (χ0n) is 17.0. The second-order valence-electron chi connectivity index (χ2n) is 8.17. The summed E-state index contributed by atoms with van der Waals surface area (Å²) in [4.78, 5) is 41.1. The van der Waals surface area contributed by atoms with E-state index in [1.54, 1.807) is 24.3 Å². The van der Waals surface area contributed by atoms with Crippen LogP contribution in [-0.2, 0) is 16.0 Å². The number of aromatic amines is 1. The Balaban J connectivity index is 1.24. The summed E-state index contributed by atoms with van der Waals surface area (Å²) in [5.41, 5.74) is 4.37. The third-order valence-electron chi connectivity index (χ3n) is 6.16. The van der Waals surface area contributed by atoms with Crippen LogP contribution < -0.4 is 16.0 Å². The molecule has 0 saturated carbocycles. The lowest BCUT2D eigenvalue weighted by atomic mass is 9.91. The van der Waals surface area contributed by atoms with E-state index in [1.165, 1.54) is 10.9 Å². The third-order valence-corrected chi connectivity index (χ3v) is 6.16. The SMILES string of the molecule is O=C(CCC1NC(=O)c2ccccc2NC1=O)NC1CCCc2c1[nH]c1ccccc21. The zero-order valence-corrected chi connectivity index (χ0v) is 17.0. The smallest absolute Gasteiger partial charge is 0.254 e. The highest BCUT2D eigenvalue weighted by Gasteiger charge is 2.29. The summed E-state index contributed by atoms with van der Waals surface area (Å²) in [6.07, 6.45) is 3.28. The monoisotopic (exact) mass is 416 g/mol. The number of para-hydroxylation sites is 2. The number of carbonyl (C=O) groups is 3. The van der Waals surface area contributed by atoms with E-state index in [0.717, 1.165) is 30.5 Å². The lowest BCUT2D eigenvalue weighted by Crippen LogP contribution is -2.42. The van der Waals surface area contributed by atoms with E-state index in [1.807, 2.05) is 12.1 Å². The fourth-order valence-corrected chi connectivity index (χ4v) is 4.62. The number of H-pyrrole nitrogens is 1. The maximum atomic E-state index is 12.7. The van der Waals surface area contributed by atoms with E-state index in [2.05, 4.69) is 33.1 Å². The number of fused-ring (bicyclic) bond motifs is 4. The number of hydrogen-bond donors (Lipinski definition) is 4. The summed E-state index contributed by atoms with van der Waals surface area (Å²) in [7, 11) is 0. The Morgan fingerprint density at radius 3 is 2.77 bits per heavy atom. The highest BCUT2D eigenvalue weighted by Crippen LogP contribution is 2.34. The molecule has 2 heterocycles. The molecule has 5 rings (SSSR count). The number of hydrogen-bond acceptors (Lipinski definition) is 3. The van der Waals surface area contributed by atoms with E-state index in [9.17, 15) is 14.4 Å². The van der Waals surface area contributed by atoms with Gasteiger partial charge in [-0.25, -0.2) is 0 Å². The highest BCUT2D eigenvalue weighted by atomic mass is 16.2. The number of aryl methyl sites for hydroxylation is 1. The van der Waals surface area contributed by atoms with E-state index in [-0.39, 0.29) is 36.6 Å². The van der Waals surface area contributed by atoms with E-state index in [0.29, 0.717) is 11.3 Å². The van der Waals surface area contributed by atoms with Crippen LogP contribution in [0.1, 0.15) is 53.3 Å². The molecule has 4 N–H and O–H groups in total. The first-order valence-corrected chi connectivity index (χ1v) is 10.7. The molecule has 7 nitrogen and oxygen atoms in total. The lowest BCUT2D eigenvalue weighted by molar-refractivity contribution is -0.122. The Kier molecular flexibility index (Phi) is 4.94. The van der Waals surface area contributed by atoms with Gasteiger partial charge in [0.15, 0.2) is 0 Å². The predicted octanol–water partition coefficient (Wildman–Crippen LogP) is 3.19. The molecule has 2 aliphatic rings. The van der Waals surface area contributed by atoms with Crippen molar-refractivity contribution >= 4 is 34.3 Å². The zero-order chi connectivity index (χ0) is 21.4. The summed E-state index contributed by atoms with van der Waals surface area (Å²) >= 11 is 0. The summed E-state index contributed by atoms with van der Waals surface area (Å²) < 4.78 is 0. The molecule has 7 heteroatoms. The van der Waals surface area contributed by atoms with Crippen LogP contribution in [0.25, 0.3) is 10.9 Å². The molecule has 1 aliphatic heterocycles. The quantitative estimate of drug-likeness (QED) is 0.525. The fourth-order valence-electron chi connectivity index (χ4n) is 4.62. The molecule has 1 aliphatic carbocycles. The second kappa shape index (κ2) is 7.91. The largest absolute Gasteiger partial charge is 0.356 e. The Morgan fingerprint density at radius 1 is 1.06 bits per heavy atom. The Bertz CT molecular complexity index is 1180. The summed E-state index contributed by atoms with van der Waals surface area (Å²) in [6.45, 7) is 0. The van der Waals surface area contributed by atoms with Crippen molar-refractivity contribution in [2.24, 2.45) is 0 Å². The molecular formula is C24H24N4O3. The van der Waals surface area contributed by atoms with Crippen molar-refractivity contribution in [1.29, 1.82) is 0 Å². The number of nitrogens with one attached hydrogen (secondary N) is 4. The van der Waals surface area contributed by atoms with Crippen LogP contribution >= 0.6 is 0 Å². The molecule has 3 aromatic rings. The second-order valence-corrected chi connectivity index (χ2v) is 8.17. The van der Waals surface area contributed by atoms with Crippen LogP contribution in [0, 0.1) is 0 Å². The molecule has 2 atom stereocenters. The minimum Gasteiger partial charge on any atom is -0.356 e. The Labute approximate surface area is 179 Å². The minimum absolute atomic E-state index is 0.0644. The van der Waals surface area contributed by atoms with Crippen molar-refractivity contribution in [2.45, 2.75) is 44.2 Å². The maximum Gasteiger partial charge on any atom is 0.254 e. The Hall–Kier alpha value is -3.61. The van der Waals surface area contributed by atoms with Gasteiger partial charge >= 0.3 is 0 Å². The van der Waals surface area contributed by atoms with Crippen molar-refractivity contribution in [3.05, 3.63) is 65.4 Å². The van der Waals surface area contributed by atoms with Gasteiger partial charge < -0.3 is 20.9 Å². The number of benzene rings is 2. The molecule has 0 spiro atoms. The number of rotatable bonds is 4. The predicted molar refractivity (Wildman–Crippen MR) is 118 cm³/mol. The van der Waals surface area contributed by atoms with E-state index in [4.69, 9.17) is 0 Å². The molecule has 0 bridgehead atoms. The first-order chi connectivity index (χ1) is 15.1. The topological polar surface area (TPSA) is 103 Å². The first-order valence-electron chi connectivity index (χ1n) is 10.7. The van der Waals surface area contributed by atoms with Gasteiger partial charge in [-0.15, -0.1) is 0 Å². The van der Waals surface area contributed by atoms with Crippen molar-refractivity contribution in [3.8, 4) is 0 Å². The van der Waals surface area contributed by atoms with Crippen LogP contribution in [0.15, 0.2) is 48.5 Å². The molecule has 0 fully saturated rings. The van der Waals surface area contributed by atoms with Gasteiger partial charge in [0, 0.05) is 23.0 Å². The van der Waals surface area contributed by atoms with Crippen molar-refractivity contribution in [3.63, 3.8) is 0 Å². The lowest BCUT2D eigenvalue weighted by Gasteiger charge is -2.24. The van der Waals surface area contributed by atoms with Gasteiger partial charge in [-0.3, -0.25) is 14.4 Å². The standard InChI is InChI=1S/C24H24N4O3/c29-21(13-12-20-24(31)27-18-10-4-2-7-16(18)23(30)28-20)25-19-11-5-8-15-14-6-1-3-9-17(14)26-22(15)19/h1-4,6-7,9-10,19-20,26H,5,8,11-13H2,(H,25,29)(H,27,31)(H,28,30). The molecule has 31 heavy (non-hydrogen) atoms. The van der Waals surface area contributed by atoms with Crippen LogP contribution in [-0.4, -0.2) is 28.7 Å². The van der Waals surface area contributed by atoms with Gasteiger partial charge in [0.1, 0.15) is 6.04 Å². The van der Waals surface area contributed by atoms with Crippen LogP contribution in [0.2, 0.25) is 0 Å². The molecule has 2 unspecified atom stereocenters. The molecule has 158 valence electrons. The molecule has 3 amide bonds. The van der Waals surface area contributed by atoms with Crippen LogP contribution in [0.4, 0.5) is 5.69 Å².